The highest BCUT2D eigenvalue weighted by molar-refractivity contribution is 7.20. The molecule has 3 heteroatoms. The van der Waals surface area contributed by atoms with Gasteiger partial charge in [-0.05, 0) is 69.3 Å². The van der Waals surface area contributed by atoms with Crippen LogP contribution in [0, 0.1) is 0 Å². The normalized spacial score (nSPS) is 11.9. The standard InChI is InChI=1S/C48H34N2Si/c1-4-18-35(19-5-1)49-45-31-15-12-28-42(45)48-46(49)32-17-33-47(48)51(37-21-6-2-7-22-37,38-23-8-3-9-24-38)39-25-16-20-36(34-39)50-43-29-13-10-26-40(43)41-27-11-14-30-44(41)50/h1-34H. The fourth-order valence-corrected chi connectivity index (χ4v) is 13.6. The highest BCUT2D eigenvalue weighted by Crippen LogP contribution is 2.34. The lowest BCUT2D eigenvalue weighted by Gasteiger charge is -2.35. The van der Waals surface area contributed by atoms with Gasteiger partial charge in [-0.3, -0.25) is 0 Å². The average molecular weight is 667 g/mol. The van der Waals surface area contributed by atoms with Gasteiger partial charge in [0, 0.05) is 32.9 Å². The summed E-state index contributed by atoms with van der Waals surface area (Å²) in [6.07, 6.45) is 0. The van der Waals surface area contributed by atoms with Crippen LogP contribution in [-0.2, 0) is 0 Å². The fraction of sp³-hybridized carbons (Fsp3) is 0. The first-order valence-electron chi connectivity index (χ1n) is 17.6. The topological polar surface area (TPSA) is 9.86 Å². The highest BCUT2D eigenvalue weighted by atomic mass is 28.3. The van der Waals surface area contributed by atoms with Crippen molar-refractivity contribution in [3.05, 3.63) is 206 Å². The van der Waals surface area contributed by atoms with Gasteiger partial charge in [0.15, 0.2) is 8.07 Å². The van der Waals surface area contributed by atoms with E-state index in [4.69, 9.17) is 0 Å². The zero-order chi connectivity index (χ0) is 33.8. The Kier molecular flexibility index (Phi) is 6.86. The summed E-state index contributed by atoms with van der Waals surface area (Å²) in [7, 11) is -2.97. The molecule has 0 aliphatic carbocycles. The predicted molar refractivity (Wildman–Crippen MR) is 219 cm³/mol. The number of para-hydroxylation sites is 4. The summed E-state index contributed by atoms with van der Waals surface area (Å²) in [5.41, 5.74) is 7.22. The molecule has 0 amide bonds. The summed E-state index contributed by atoms with van der Waals surface area (Å²) >= 11 is 0. The molecule has 8 aromatic carbocycles. The maximum Gasteiger partial charge on any atom is 0.180 e. The number of hydrogen-bond acceptors (Lipinski definition) is 0. The average Bonchev–Trinajstić information content (AvgIpc) is 3.73. The summed E-state index contributed by atoms with van der Waals surface area (Å²) in [6.45, 7) is 0. The quantitative estimate of drug-likeness (QED) is 0.124. The molecule has 0 radical (unpaired) electrons. The molecule has 2 aromatic heterocycles. The molecule has 0 fully saturated rings. The lowest BCUT2D eigenvalue weighted by atomic mass is 10.1. The van der Waals surface area contributed by atoms with Gasteiger partial charge in [-0.15, -0.1) is 0 Å². The third kappa shape index (κ3) is 4.42. The number of aromatic nitrogens is 2. The third-order valence-electron chi connectivity index (χ3n) is 10.6. The summed E-state index contributed by atoms with van der Waals surface area (Å²) in [5, 5.41) is 10.6. The van der Waals surface area contributed by atoms with Crippen LogP contribution in [0.5, 0.6) is 0 Å². The SMILES string of the molecule is c1ccc(-n2c3ccccc3c3c([Si](c4ccccc4)(c4ccccc4)c4cccc(-n5c6ccccc6c6ccccc65)c4)cccc32)cc1. The summed E-state index contributed by atoms with van der Waals surface area (Å²) in [6, 6.07) is 76.3. The van der Waals surface area contributed by atoms with Crippen molar-refractivity contribution < 1.29 is 0 Å². The molecule has 2 nitrogen and oxygen atoms in total. The van der Waals surface area contributed by atoms with Crippen LogP contribution in [0.2, 0.25) is 0 Å². The Morgan fingerprint density at radius 2 is 0.706 bits per heavy atom. The molecular weight excluding hydrogens is 633 g/mol. The smallest absolute Gasteiger partial charge is 0.180 e. The molecule has 51 heavy (non-hydrogen) atoms. The molecule has 0 N–H and O–H groups in total. The molecule has 0 aliphatic heterocycles. The first kappa shape index (κ1) is 29.5. The Bertz CT molecular complexity index is 2760. The molecule has 0 atom stereocenters. The number of hydrogen-bond donors (Lipinski definition) is 0. The minimum Gasteiger partial charge on any atom is -0.309 e. The van der Waals surface area contributed by atoms with Gasteiger partial charge in [-0.25, -0.2) is 0 Å². The molecule has 0 saturated carbocycles. The van der Waals surface area contributed by atoms with E-state index in [-0.39, 0.29) is 0 Å². The second-order valence-corrected chi connectivity index (χ2v) is 17.1. The van der Waals surface area contributed by atoms with E-state index in [1.807, 2.05) is 0 Å². The van der Waals surface area contributed by atoms with Crippen molar-refractivity contribution in [2.45, 2.75) is 0 Å². The van der Waals surface area contributed by atoms with Crippen LogP contribution in [0.3, 0.4) is 0 Å². The summed E-state index contributed by atoms with van der Waals surface area (Å²) in [4.78, 5) is 0. The molecule has 0 aliphatic rings. The van der Waals surface area contributed by atoms with Crippen molar-refractivity contribution in [1.82, 2.24) is 9.13 Å². The molecule has 0 saturated heterocycles. The van der Waals surface area contributed by atoms with Gasteiger partial charge < -0.3 is 9.13 Å². The van der Waals surface area contributed by atoms with Gasteiger partial charge in [0.25, 0.3) is 0 Å². The minimum atomic E-state index is -2.97. The summed E-state index contributed by atoms with van der Waals surface area (Å²) < 4.78 is 4.89. The Labute approximate surface area is 298 Å². The van der Waals surface area contributed by atoms with E-state index < -0.39 is 8.07 Å². The Morgan fingerprint density at radius 3 is 1.31 bits per heavy atom. The lowest BCUT2D eigenvalue weighted by molar-refractivity contribution is 1.18. The van der Waals surface area contributed by atoms with Crippen LogP contribution in [0.15, 0.2) is 206 Å². The highest BCUT2D eigenvalue weighted by Gasteiger charge is 2.43. The molecule has 10 aromatic rings. The molecule has 240 valence electrons. The monoisotopic (exact) mass is 666 g/mol. The van der Waals surface area contributed by atoms with Gasteiger partial charge in [-0.2, -0.15) is 0 Å². The molecule has 0 unspecified atom stereocenters. The zero-order valence-corrected chi connectivity index (χ0v) is 29.0. The van der Waals surface area contributed by atoms with E-state index in [9.17, 15) is 0 Å². The van der Waals surface area contributed by atoms with Gasteiger partial charge in [0.1, 0.15) is 0 Å². The Hall–Kier alpha value is -6.42. The van der Waals surface area contributed by atoms with E-state index in [2.05, 4.69) is 215 Å². The Morgan fingerprint density at radius 1 is 0.294 bits per heavy atom. The molecule has 10 rings (SSSR count). The van der Waals surface area contributed by atoms with Crippen molar-refractivity contribution in [2.24, 2.45) is 0 Å². The van der Waals surface area contributed by atoms with Gasteiger partial charge >= 0.3 is 0 Å². The van der Waals surface area contributed by atoms with Crippen molar-refractivity contribution >= 4 is 72.4 Å². The molecule has 0 spiro atoms. The zero-order valence-electron chi connectivity index (χ0n) is 28.0. The lowest BCUT2D eigenvalue weighted by Crippen LogP contribution is -2.74. The maximum absolute atomic E-state index is 2.97. The van der Waals surface area contributed by atoms with Crippen LogP contribution < -0.4 is 20.7 Å². The van der Waals surface area contributed by atoms with E-state index in [1.165, 1.54) is 75.7 Å². The van der Waals surface area contributed by atoms with Gasteiger partial charge in [0.2, 0.25) is 0 Å². The third-order valence-corrected chi connectivity index (χ3v) is 15.4. The number of nitrogens with zero attached hydrogens (tertiary/aromatic N) is 2. The number of benzene rings is 8. The maximum atomic E-state index is 2.49. The predicted octanol–water partition coefficient (Wildman–Crippen LogP) is 9.26. The van der Waals surface area contributed by atoms with Crippen molar-refractivity contribution in [2.75, 3.05) is 0 Å². The van der Waals surface area contributed by atoms with Crippen LogP contribution in [-0.4, -0.2) is 17.2 Å². The van der Waals surface area contributed by atoms with Crippen molar-refractivity contribution in [3.8, 4) is 11.4 Å². The van der Waals surface area contributed by atoms with Gasteiger partial charge in [-0.1, -0.05) is 158 Å². The van der Waals surface area contributed by atoms with Crippen molar-refractivity contribution in [3.63, 3.8) is 0 Å². The minimum absolute atomic E-state index is 1.17. The van der Waals surface area contributed by atoms with Crippen LogP contribution in [0.4, 0.5) is 0 Å². The number of rotatable bonds is 6. The van der Waals surface area contributed by atoms with Crippen LogP contribution >= 0.6 is 0 Å². The van der Waals surface area contributed by atoms with Crippen molar-refractivity contribution in [1.29, 1.82) is 0 Å². The van der Waals surface area contributed by atoms with E-state index >= 15 is 0 Å². The van der Waals surface area contributed by atoms with E-state index in [1.54, 1.807) is 0 Å². The molecule has 2 heterocycles. The fourth-order valence-electron chi connectivity index (χ4n) is 8.61. The molecular formula is C48H34N2Si. The van der Waals surface area contributed by atoms with Crippen LogP contribution in [0.1, 0.15) is 0 Å². The Balaban J connectivity index is 1.36. The van der Waals surface area contributed by atoms with E-state index in [0.29, 0.717) is 0 Å². The number of fused-ring (bicyclic) bond motifs is 6. The first-order chi connectivity index (χ1) is 25.3. The second kappa shape index (κ2) is 11.9. The van der Waals surface area contributed by atoms with Crippen LogP contribution in [0.25, 0.3) is 55.0 Å². The van der Waals surface area contributed by atoms with Gasteiger partial charge in [0.05, 0.1) is 22.1 Å². The summed E-state index contributed by atoms with van der Waals surface area (Å²) in [5.74, 6) is 0. The molecule has 0 bridgehead atoms. The first-order valence-corrected chi connectivity index (χ1v) is 19.6. The second-order valence-electron chi connectivity index (χ2n) is 13.3. The largest absolute Gasteiger partial charge is 0.309 e. The van der Waals surface area contributed by atoms with E-state index in [0.717, 1.165) is 0 Å².